The summed E-state index contributed by atoms with van der Waals surface area (Å²) in [6, 6.07) is 8.91. The Hall–Kier alpha value is -0.470. The Bertz CT molecular complexity index is 402. The molecule has 1 nitrogen and oxygen atoms in total. The van der Waals surface area contributed by atoms with Crippen molar-refractivity contribution in [3.8, 4) is 0 Å². The van der Waals surface area contributed by atoms with Crippen LogP contribution in [0.25, 0.3) is 0 Å². The number of thioether (sulfide) groups is 1. The lowest BCUT2D eigenvalue weighted by atomic mass is 9.84. The van der Waals surface area contributed by atoms with E-state index in [9.17, 15) is 0 Å². The highest BCUT2D eigenvalue weighted by molar-refractivity contribution is 8.00. The van der Waals surface area contributed by atoms with Gasteiger partial charge in [0, 0.05) is 23.2 Å². The van der Waals surface area contributed by atoms with Crippen molar-refractivity contribution in [1.29, 1.82) is 0 Å². The second kappa shape index (κ2) is 4.90. The highest BCUT2D eigenvalue weighted by Gasteiger charge is 2.29. The van der Waals surface area contributed by atoms with Crippen LogP contribution < -0.4 is 0 Å². The minimum Gasteiger partial charge on any atom is -0.302 e. The predicted molar refractivity (Wildman–Crippen MR) is 79.2 cm³/mol. The summed E-state index contributed by atoms with van der Waals surface area (Å²) in [7, 11) is 0. The maximum Gasteiger partial charge on any atom is 0.0263 e. The van der Waals surface area contributed by atoms with Crippen LogP contribution in [0.2, 0.25) is 0 Å². The predicted octanol–water partition coefficient (Wildman–Crippen LogP) is 3.83. The molecule has 2 heterocycles. The van der Waals surface area contributed by atoms with Gasteiger partial charge < -0.3 is 4.90 Å². The fourth-order valence-corrected chi connectivity index (χ4v) is 4.71. The molecule has 1 aromatic rings. The molecule has 98 valence electrons. The van der Waals surface area contributed by atoms with E-state index in [-0.39, 0.29) is 0 Å². The molecule has 0 bridgehead atoms. The van der Waals surface area contributed by atoms with Crippen LogP contribution in [-0.2, 0) is 6.42 Å². The minimum atomic E-state index is 0.522. The zero-order chi connectivity index (χ0) is 12.6. The van der Waals surface area contributed by atoms with E-state index in [1.807, 2.05) is 0 Å². The molecule has 1 unspecified atom stereocenters. The third-order valence-corrected chi connectivity index (χ3v) is 5.46. The number of benzene rings is 1. The van der Waals surface area contributed by atoms with E-state index in [2.05, 4.69) is 54.8 Å². The standard InChI is InChI=1S/C16H23NS/c1-16(2)8-5-9-17(12-16)11-14-10-13-6-3-4-7-15(13)18-14/h3-4,6-7,14H,5,8-12H2,1-2H3. The van der Waals surface area contributed by atoms with Crippen molar-refractivity contribution >= 4 is 11.8 Å². The van der Waals surface area contributed by atoms with Gasteiger partial charge in [0.1, 0.15) is 0 Å². The van der Waals surface area contributed by atoms with Crippen molar-refractivity contribution in [1.82, 2.24) is 4.90 Å². The van der Waals surface area contributed by atoms with Gasteiger partial charge in [0.15, 0.2) is 0 Å². The molecule has 0 aromatic heterocycles. The Morgan fingerprint density at radius 3 is 2.94 bits per heavy atom. The number of nitrogens with zero attached hydrogens (tertiary/aromatic N) is 1. The largest absolute Gasteiger partial charge is 0.302 e. The van der Waals surface area contributed by atoms with Crippen molar-refractivity contribution in [2.24, 2.45) is 5.41 Å². The molecule has 2 aliphatic rings. The molecule has 1 aromatic carbocycles. The normalized spacial score (nSPS) is 27.1. The molecule has 18 heavy (non-hydrogen) atoms. The number of rotatable bonds is 2. The Balaban J connectivity index is 1.59. The number of fused-ring (bicyclic) bond motifs is 1. The van der Waals surface area contributed by atoms with Gasteiger partial charge in [-0.2, -0.15) is 0 Å². The van der Waals surface area contributed by atoms with E-state index in [1.165, 1.54) is 43.8 Å². The Kier molecular flexibility index (Phi) is 3.42. The zero-order valence-corrected chi connectivity index (χ0v) is 12.3. The highest BCUT2D eigenvalue weighted by atomic mass is 32.2. The van der Waals surface area contributed by atoms with E-state index in [0.29, 0.717) is 5.41 Å². The van der Waals surface area contributed by atoms with Crippen LogP contribution in [0, 0.1) is 5.41 Å². The molecule has 0 radical (unpaired) electrons. The Labute approximate surface area is 115 Å². The fourth-order valence-electron chi connectivity index (χ4n) is 3.34. The maximum atomic E-state index is 2.69. The monoisotopic (exact) mass is 261 g/mol. The molecular weight excluding hydrogens is 238 g/mol. The van der Waals surface area contributed by atoms with Gasteiger partial charge in [-0.1, -0.05) is 32.0 Å². The molecule has 0 spiro atoms. The van der Waals surface area contributed by atoms with Gasteiger partial charge in [-0.15, -0.1) is 11.8 Å². The summed E-state index contributed by atoms with van der Waals surface area (Å²) in [6.45, 7) is 8.67. The molecule has 3 rings (SSSR count). The lowest BCUT2D eigenvalue weighted by Crippen LogP contribution is -2.42. The molecule has 2 heteroatoms. The van der Waals surface area contributed by atoms with Crippen molar-refractivity contribution in [2.45, 2.75) is 43.3 Å². The first-order valence-electron chi connectivity index (χ1n) is 7.09. The van der Waals surface area contributed by atoms with Gasteiger partial charge in [0.05, 0.1) is 0 Å². The molecule has 1 saturated heterocycles. The van der Waals surface area contributed by atoms with Crippen LogP contribution >= 0.6 is 11.8 Å². The van der Waals surface area contributed by atoms with Gasteiger partial charge in [0.2, 0.25) is 0 Å². The Morgan fingerprint density at radius 2 is 2.17 bits per heavy atom. The topological polar surface area (TPSA) is 3.24 Å². The lowest BCUT2D eigenvalue weighted by Gasteiger charge is -2.39. The summed E-state index contributed by atoms with van der Waals surface area (Å²) in [4.78, 5) is 4.20. The SMILES string of the molecule is CC1(C)CCCN(CC2Cc3ccccc3S2)C1. The molecule has 0 aliphatic carbocycles. The van der Waals surface area contributed by atoms with Crippen LogP contribution in [-0.4, -0.2) is 29.8 Å². The average Bonchev–Trinajstić information content (AvgIpc) is 2.69. The van der Waals surface area contributed by atoms with E-state index in [0.717, 1.165) is 5.25 Å². The summed E-state index contributed by atoms with van der Waals surface area (Å²) < 4.78 is 0. The summed E-state index contributed by atoms with van der Waals surface area (Å²) in [5.41, 5.74) is 2.08. The molecule has 1 atom stereocenters. The first kappa shape index (κ1) is 12.6. The molecule has 0 amide bonds. The fraction of sp³-hybridized carbons (Fsp3) is 0.625. The van der Waals surface area contributed by atoms with Crippen molar-refractivity contribution in [3.63, 3.8) is 0 Å². The first-order chi connectivity index (χ1) is 8.62. The maximum absolute atomic E-state index is 2.69. The summed E-state index contributed by atoms with van der Waals surface area (Å²) in [6.07, 6.45) is 4.02. The number of hydrogen-bond donors (Lipinski definition) is 0. The van der Waals surface area contributed by atoms with Crippen LogP contribution in [0.3, 0.4) is 0 Å². The van der Waals surface area contributed by atoms with Crippen molar-refractivity contribution in [3.05, 3.63) is 29.8 Å². The third-order valence-electron chi connectivity index (χ3n) is 4.16. The number of hydrogen-bond acceptors (Lipinski definition) is 2. The Morgan fingerprint density at radius 1 is 1.33 bits per heavy atom. The van der Waals surface area contributed by atoms with Gasteiger partial charge >= 0.3 is 0 Å². The number of piperidine rings is 1. The van der Waals surface area contributed by atoms with Crippen LogP contribution in [0.5, 0.6) is 0 Å². The van der Waals surface area contributed by atoms with Crippen LogP contribution in [0.1, 0.15) is 32.3 Å². The first-order valence-corrected chi connectivity index (χ1v) is 7.97. The third kappa shape index (κ3) is 2.75. The van der Waals surface area contributed by atoms with E-state index >= 15 is 0 Å². The number of likely N-dealkylation sites (tertiary alicyclic amines) is 1. The van der Waals surface area contributed by atoms with E-state index < -0.39 is 0 Å². The minimum absolute atomic E-state index is 0.522. The van der Waals surface area contributed by atoms with E-state index in [1.54, 1.807) is 5.56 Å². The summed E-state index contributed by atoms with van der Waals surface area (Å²) in [5.74, 6) is 0. The molecule has 0 N–H and O–H groups in total. The smallest absolute Gasteiger partial charge is 0.0263 e. The average molecular weight is 261 g/mol. The van der Waals surface area contributed by atoms with Crippen LogP contribution in [0.15, 0.2) is 29.2 Å². The van der Waals surface area contributed by atoms with E-state index in [4.69, 9.17) is 0 Å². The quantitative estimate of drug-likeness (QED) is 0.796. The lowest BCUT2D eigenvalue weighted by molar-refractivity contribution is 0.118. The highest BCUT2D eigenvalue weighted by Crippen LogP contribution is 2.38. The van der Waals surface area contributed by atoms with Gasteiger partial charge in [-0.3, -0.25) is 0 Å². The zero-order valence-electron chi connectivity index (χ0n) is 11.5. The van der Waals surface area contributed by atoms with Gasteiger partial charge in [0.25, 0.3) is 0 Å². The second-order valence-electron chi connectivity index (χ2n) is 6.55. The molecular formula is C16H23NS. The van der Waals surface area contributed by atoms with Crippen molar-refractivity contribution < 1.29 is 0 Å². The summed E-state index contributed by atoms with van der Waals surface area (Å²) in [5, 5.41) is 0.774. The molecule has 1 fully saturated rings. The summed E-state index contributed by atoms with van der Waals surface area (Å²) >= 11 is 2.09. The van der Waals surface area contributed by atoms with Gasteiger partial charge in [-0.05, 0) is 42.9 Å². The second-order valence-corrected chi connectivity index (χ2v) is 7.90. The molecule has 2 aliphatic heterocycles. The molecule has 0 saturated carbocycles. The van der Waals surface area contributed by atoms with Crippen molar-refractivity contribution in [2.75, 3.05) is 19.6 Å². The van der Waals surface area contributed by atoms with Crippen LogP contribution in [0.4, 0.5) is 0 Å². The van der Waals surface area contributed by atoms with Gasteiger partial charge in [-0.25, -0.2) is 0 Å².